The van der Waals surface area contributed by atoms with Gasteiger partial charge in [-0.05, 0) is 54.5 Å². The molecule has 0 aliphatic heterocycles. The number of ether oxygens (including phenoxy) is 1. The Morgan fingerprint density at radius 1 is 1.20 bits per heavy atom. The molecule has 2 aromatic carbocycles. The van der Waals surface area contributed by atoms with Gasteiger partial charge >= 0.3 is 6.09 Å². The van der Waals surface area contributed by atoms with Crippen LogP contribution in [0.5, 0.6) is 5.75 Å². The molecule has 2 aromatic rings. The third kappa shape index (κ3) is 6.70. The van der Waals surface area contributed by atoms with Gasteiger partial charge in [0.25, 0.3) is 0 Å². The Bertz CT molecular complexity index is 991. The number of sulfonamides is 1. The molecule has 3 N–H and O–H groups in total. The fourth-order valence-electron chi connectivity index (χ4n) is 2.92. The normalized spacial score (nSPS) is 14.9. The van der Waals surface area contributed by atoms with E-state index < -0.39 is 28.0 Å². The van der Waals surface area contributed by atoms with Crippen molar-refractivity contribution in [3.8, 4) is 5.75 Å². The number of hydrogen-bond donors (Lipinski definition) is 3. The number of rotatable bonds is 10. The van der Waals surface area contributed by atoms with Gasteiger partial charge in [-0.1, -0.05) is 30.3 Å². The van der Waals surface area contributed by atoms with E-state index in [2.05, 4.69) is 10.0 Å². The molecule has 7 nitrogen and oxygen atoms in total. The maximum atomic E-state index is 14.0. The summed E-state index contributed by atoms with van der Waals surface area (Å²) >= 11 is 0. The second-order valence-corrected chi connectivity index (χ2v) is 9.27. The van der Waals surface area contributed by atoms with Gasteiger partial charge in [0, 0.05) is 12.6 Å². The van der Waals surface area contributed by atoms with Crippen molar-refractivity contribution in [1.29, 1.82) is 0 Å². The molecule has 3 rings (SSSR count). The molecule has 0 saturated heterocycles. The Morgan fingerprint density at radius 2 is 1.87 bits per heavy atom. The first-order valence-electron chi connectivity index (χ1n) is 9.69. The summed E-state index contributed by atoms with van der Waals surface area (Å²) in [4.78, 5) is 10.5. The molecule has 162 valence electrons. The van der Waals surface area contributed by atoms with Crippen molar-refractivity contribution in [3.05, 3.63) is 65.0 Å². The minimum atomic E-state index is -3.65. The molecule has 30 heavy (non-hydrogen) atoms. The number of carbonyl (C=O) groups is 1. The molecule has 1 fully saturated rings. The van der Waals surface area contributed by atoms with Crippen LogP contribution in [0.15, 0.2) is 42.5 Å². The first kappa shape index (κ1) is 22.0. The van der Waals surface area contributed by atoms with Crippen molar-refractivity contribution in [1.82, 2.24) is 10.0 Å². The molecule has 1 aliphatic carbocycles. The Hall–Kier alpha value is -2.65. The van der Waals surface area contributed by atoms with Crippen LogP contribution in [0.25, 0.3) is 0 Å². The van der Waals surface area contributed by atoms with Gasteiger partial charge in [0.2, 0.25) is 10.0 Å². The first-order valence-corrected chi connectivity index (χ1v) is 11.3. The Morgan fingerprint density at radius 3 is 2.50 bits per heavy atom. The molecule has 1 saturated carbocycles. The molecule has 0 unspecified atom stereocenters. The zero-order chi connectivity index (χ0) is 21.7. The van der Waals surface area contributed by atoms with Gasteiger partial charge in [-0.2, -0.15) is 0 Å². The van der Waals surface area contributed by atoms with Crippen LogP contribution in [-0.2, 0) is 22.3 Å². The lowest BCUT2D eigenvalue weighted by atomic mass is 10.1. The van der Waals surface area contributed by atoms with Crippen LogP contribution in [0.2, 0.25) is 0 Å². The van der Waals surface area contributed by atoms with Gasteiger partial charge in [0.05, 0.1) is 12.4 Å². The van der Waals surface area contributed by atoms with Crippen LogP contribution in [-0.4, -0.2) is 26.2 Å². The lowest BCUT2D eigenvalue weighted by molar-refractivity contribution is 0.194. The highest BCUT2D eigenvalue weighted by Crippen LogP contribution is 2.31. The summed E-state index contributed by atoms with van der Waals surface area (Å²) in [6.45, 7) is 2.31. The highest BCUT2D eigenvalue weighted by atomic mass is 32.2. The van der Waals surface area contributed by atoms with Gasteiger partial charge in [-0.25, -0.2) is 22.3 Å². The number of nitrogens with one attached hydrogen (secondary N) is 2. The standard InChI is InChI=1S/C21H25FN2O5S/c1-14(18-8-9-19(22)20(10-18)29-12-16-4-5-16)24-30(27,28)13-17-6-2-15(3-7-17)11-23-21(25)26/h2-3,6-10,14,16,23-24H,4-5,11-13H2,1H3,(H,25,26)/t14-/m1/s1. The topological polar surface area (TPSA) is 105 Å². The number of amides is 1. The van der Waals surface area contributed by atoms with E-state index in [-0.39, 0.29) is 18.0 Å². The summed E-state index contributed by atoms with van der Waals surface area (Å²) in [5.41, 5.74) is 1.91. The van der Waals surface area contributed by atoms with Crippen molar-refractivity contribution < 1.29 is 27.4 Å². The zero-order valence-corrected chi connectivity index (χ0v) is 17.4. The third-order valence-electron chi connectivity index (χ3n) is 4.81. The fraction of sp³-hybridized carbons (Fsp3) is 0.381. The van der Waals surface area contributed by atoms with E-state index in [0.29, 0.717) is 23.7 Å². The maximum Gasteiger partial charge on any atom is 0.404 e. The summed E-state index contributed by atoms with van der Waals surface area (Å²) in [6.07, 6.45) is 1.06. The molecule has 9 heteroatoms. The summed E-state index contributed by atoms with van der Waals surface area (Å²) in [5.74, 6) is -0.0749. The zero-order valence-electron chi connectivity index (χ0n) is 16.6. The summed E-state index contributed by atoms with van der Waals surface area (Å²) in [7, 11) is -3.65. The SMILES string of the molecule is C[C@@H](NS(=O)(=O)Cc1ccc(CNC(=O)O)cc1)c1ccc(F)c(OCC2CC2)c1. The van der Waals surface area contributed by atoms with E-state index in [1.807, 2.05) is 0 Å². The summed E-state index contributed by atoms with van der Waals surface area (Å²) in [6, 6.07) is 10.4. The van der Waals surface area contributed by atoms with Crippen molar-refractivity contribution >= 4 is 16.1 Å². The second kappa shape index (κ2) is 9.44. The fourth-order valence-corrected chi connectivity index (χ4v) is 4.31. The average Bonchev–Trinajstić information content (AvgIpc) is 3.50. The Balaban J connectivity index is 1.60. The van der Waals surface area contributed by atoms with Gasteiger partial charge in [0.15, 0.2) is 11.6 Å². The van der Waals surface area contributed by atoms with Gasteiger partial charge in [-0.15, -0.1) is 0 Å². The van der Waals surface area contributed by atoms with Crippen molar-refractivity contribution in [3.63, 3.8) is 0 Å². The average molecular weight is 437 g/mol. The monoisotopic (exact) mass is 436 g/mol. The van der Waals surface area contributed by atoms with Gasteiger partial charge < -0.3 is 15.2 Å². The van der Waals surface area contributed by atoms with E-state index >= 15 is 0 Å². The maximum absolute atomic E-state index is 14.0. The number of benzene rings is 2. The molecular weight excluding hydrogens is 411 g/mol. The predicted molar refractivity (Wildman–Crippen MR) is 110 cm³/mol. The van der Waals surface area contributed by atoms with E-state index in [9.17, 15) is 17.6 Å². The quantitative estimate of drug-likeness (QED) is 0.528. The van der Waals surface area contributed by atoms with E-state index in [0.717, 1.165) is 18.4 Å². The number of hydrogen-bond acceptors (Lipinski definition) is 4. The molecule has 1 aliphatic rings. The number of carboxylic acid groups (broad SMARTS) is 1. The molecule has 0 spiro atoms. The largest absolute Gasteiger partial charge is 0.490 e. The molecule has 0 aromatic heterocycles. The van der Waals surface area contributed by atoms with Gasteiger partial charge in [0.1, 0.15) is 0 Å². The van der Waals surface area contributed by atoms with Crippen LogP contribution < -0.4 is 14.8 Å². The molecule has 0 heterocycles. The molecule has 1 atom stereocenters. The van der Waals surface area contributed by atoms with Crippen molar-refractivity contribution in [2.75, 3.05) is 6.61 Å². The van der Waals surface area contributed by atoms with E-state index in [4.69, 9.17) is 9.84 Å². The highest BCUT2D eigenvalue weighted by molar-refractivity contribution is 7.88. The van der Waals surface area contributed by atoms with Crippen LogP contribution in [0.4, 0.5) is 9.18 Å². The van der Waals surface area contributed by atoms with E-state index in [1.165, 1.54) is 18.2 Å². The summed E-state index contributed by atoms with van der Waals surface area (Å²) < 4.78 is 47.2. The molecular formula is C21H25FN2O5S. The minimum absolute atomic E-state index is 0.135. The smallest absolute Gasteiger partial charge is 0.404 e. The molecule has 0 bridgehead atoms. The predicted octanol–water partition coefficient (Wildman–Crippen LogP) is 3.56. The highest BCUT2D eigenvalue weighted by Gasteiger charge is 2.23. The van der Waals surface area contributed by atoms with Crippen LogP contribution in [0.3, 0.4) is 0 Å². The Labute approximate surface area is 175 Å². The van der Waals surface area contributed by atoms with E-state index in [1.54, 1.807) is 31.2 Å². The lowest BCUT2D eigenvalue weighted by Gasteiger charge is -2.16. The van der Waals surface area contributed by atoms with Crippen molar-refractivity contribution in [2.24, 2.45) is 5.92 Å². The second-order valence-electron chi connectivity index (χ2n) is 7.52. The van der Waals surface area contributed by atoms with Gasteiger partial charge in [-0.3, -0.25) is 0 Å². The third-order valence-corrected chi connectivity index (χ3v) is 6.23. The van der Waals surface area contributed by atoms with Crippen LogP contribution in [0.1, 0.15) is 42.5 Å². The van der Waals surface area contributed by atoms with Crippen LogP contribution in [0, 0.1) is 11.7 Å². The lowest BCUT2D eigenvalue weighted by Crippen LogP contribution is -2.28. The molecule has 0 radical (unpaired) electrons. The van der Waals surface area contributed by atoms with Crippen LogP contribution >= 0.6 is 0 Å². The molecule has 1 amide bonds. The Kier molecular flexibility index (Phi) is 6.94. The minimum Gasteiger partial charge on any atom is -0.490 e. The first-order chi connectivity index (χ1) is 14.2. The number of halogens is 1. The van der Waals surface area contributed by atoms with Crippen molar-refractivity contribution in [2.45, 2.75) is 38.1 Å². The summed E-state index contributed by atoms with van der Waals surface area (Å²) in [5, 5.41) is 10.9.